The maximum atomic E-state index is 13.2. The summed E-state index contributed by atoms with van der Waals surface area (Å²) < 4.78 is 0. The lowest BCUT2D eigenvalue weighted by atomic mass is 9.98. The molecule has 0 radical (unpaired) electrons. The van der Waals surface area contributed by atoms with E-state index in [0.29, 0.717) is 30.2 Å². The second-order valence-corrected chi connectivity index (χ2v) is 8.32. The van der Waals surface area contributed by atoms with Crippen LogP contribution >= 0.6 is 11.3 Å². The lowest BCUT2D eigenvalue weighted by molar-refractivity contribution is -0.137. The quantitative estimate of drug-likeness (QED) is 0.741. The first kappa shape index (κ1) is 18.0. The number of amides is 2. The van der Waals surface area contributed by atoms with E-state index < -0.39 is 0 Å². The highest BCUT2D eigenvalue weighted by Crippen LogP contribution is 2.35. The number of benzene rings is 1. The fraction of sp³-hybridized carbons (Fsp3) is 0.364. The molecule has 140 valence electrons. The van der Waals surface area contributed by atoms with Crippen LogP contribution in [-0.4, -0.2) is 41.2 Å². The first-order valence-electron chi connectivity index (χ1n) is 9.58. The monoisotopic (exact) mass is 380 g/mol. The Morgan fingerprint density at radius 1 is 1.00 bits per heavy atom. The number of hydrogen-bond donors (Lipinski definition) is 0. The van der Waals surface area contributed by atoms with Crippen LogP contribution < -0.4 is 0 Å². The standard InChI is InChI=1S/C22H24N2O2S/c1-16-9-12-23(13-10-16)20-19(18-8-5-15-27-18)21(25)24(22(20)26)14-11-17-6-3-2-4-7-17/h2-8,15-16H,9-14H2,1H3. The molecule has 0 unspecified atom stereocenters. The zero-order chi connectivity index (χ0) is 18.8. The molecule has 4 rings (SSSR count). The van der Waals surface area contributed by atoms with Gasteiger partial charge in [-0.25, -0.2) is 0 Å². The first-order valence-corrected chi connectivity index (χ1v) is 10.5. The summed E-state index contributed by atoms with van der Waals surface area (Å²) in [7, 11) is 0. The Kier molecular flexibility index (Phi) is 5.12. The Labute approximate surface area is 164 Å². The van der Waals surface area contributed by atoms with E-state index >= 15 is 0 Å². The fourth-order valence-corrected chi connectivity index (χ4v) is 4.58. The van der Waals surface area contributed by atoms with Crippen LogP contribution in [0.2, 0.25) is 0 Å². The molecule has 1 aromatic heterocycles. The summed E-state index contributed by atoms with van der Waals surface area (Å²) in [5.41, 5.74) is 2.34. The molecule has 5 heteroatoms. The van der Waals surface area contributed by atoms with Crippen LogP contribution in [0.15, 0.2) is 53.5 Å². The molecule has 2 amide bonds. The number of thiophene rings is 1. The van der Waals surface area contributed by atoms with Gasteiger partial charge in [-0.15, -0.1) is 11.3 Å². The van der Waals surface area contributed by atoms with Gasteiger partial charge >= 0.3 is 0 Å². The SMILES string of the molecule is CC1CCN(C2=C(c3cccs3)C(=O)N(CCc3ccccc3)C2=O)CC1. The third-order valence-electron chi connectivity index (χ3n) is 5.48. The maximum Gasteiger partial charge on any atom is 0.277 e. The van der Waals surface area contributed by atoms with E-state index in [2.05, 4.69) is 11.8 Å². The lowest BCUT2D eigenvalue weighted by Gasteiger charge is -2.32. The van der Waals surface area contributed by atoms with E-state index in [0.717, 1.165) is 36.4 Å². The van der Waals surface area contributed by atoms with Crippen molar-refractivity contribution in [1.29, 1.82) is 0 Å². The van der Waals surface area contributed by atoms with Crippen molar-refractivity contribution in [1.82, 2.24) is 9.80 Å². The third-order valence-corrected chi connectivity index (χ3v) is 6.37. The number of rotatable bonds is 5. The minimum absolute atomic E-state index is 0.131. The second-order valence-electron chi connectivity index (χ2n) is 7.37. The highest BCUT2D eigenvalue weighted by molar-refractivity contribution is 7.11. The van der Waals surface area contributed by atoms with E-state index in [9.17, 15) is 9.59 Å². The van der Waals surface area contributed by atoms with Crippen LogP contribution in [0, 0.1) is 5.92 Å². The second kappa shape index (κ2) is 7.69. The Morgan fingerprint density at radius 3 is 2.41 bits per heavy atom. The number of carbonyl (C=O) groups excluding carboxylic acids is 2. The van der Waals surface area contributed by atoms with Crippen molar-refractivity contribution < 1.29 is 9.59 Å². The largest absolute Gasteiger partial charge is 0.366 e. The summed E-state index contributed by atoms with van der Waals surface area (Å²) in [6.45, 7) is 4.36. The summed E-state index contributed by atoms with van der Waals surface area (Å²) in [6, 6.07) is 13.9. The summed E-state index contributed by atoms with van der Waals surface area (Å²) >= 11 is 1.53. The summed E-state index contributed by atoms with van der Waals surface area (Å²) in [5, 5.41) is 1.96. The molecular formula is C22H24N2O2S. The van der Waals surface area contributed by atoms with Gasteiger partial charge in [-0.2, -0.15) is 0 Å². The van der Waals surface area contributed by atoms with Crippen molar-refractivity contribution in [2.24, 2.45) is 5.92 Å². The molecule has 0 spiro atoms. The smallest absolute Gasteiger partial charge is 0.277 e. The van der Waals surface area contributed by atoms with Crippen molar-refractivity contribution >= 4 is 28.7 Å². The molecule has 0 saturated carbocycles. The predicted molar refractivity (Wildman–Crippen MR) is 108 cm³/mol. The summed E-state index contributed by atoms with van der Waals surface area (Å²) in [5.74, 6) is 0.398. The number of imide groups is 1. The molecule has 1 saturated heterocycles. The summed E-state index contributed by atoms with van der Waals surface area (Å²) in [6.07, 6.45) is 2.81. The van der Waals surface area contributed by atoms with Gasteiger partial charge in [0, 0.05) is 24.5 Å². The van der Waals surface area contributed by atoms with Crippen LogP contribution in [0.1, 0.15) is 30.2 Å². The van der Waals surface area contributed by atoms with Crippen molar-refractivity contribution in [2.75, 3.05) is 19.6 Å². The number of likely N-dealkylation sites (tertiary alicyclic amines) is 1. The highest BCUT2D eigenvalue weighted by atomic mass is 32.1. The molecule has 0 atom stereocenters. The van der Waals surface area contributed by atoms with Gasteiger partial charge in [0.1, 0.15) is 5.70 Å². The minimum atomic E-state index is -0.146. The molecule has 4 nitrogen and oxygen atoms in total. The van der Waals surface area contributed by atoms with Crippen molar-refractivity contribution in [2.45, 2.75) is 26.2 Å². The molecule has 0 N–H and O–H groups in total. The molecule has 1 fully saturated rings. The summed E-state index contributed by atoms with van der Waals surface area (Å²) in [4.78, 5) is 30.9. The Morgan fingerprint density at radius 2 is 1.74 bits per heavy atom. The molecule has 0 bridgehead atoms. The fourth-order valence-electron chi connectivity index (χ4n) is 3.82. The molecule has 3 heterocycles. The van der Waals surface area contributed by atoms with Crippen LogP contribution in [0.3, 0.4) is 0 Å². The van der Waals surface area contributed by atoms with E-state index in [1.165, 1.54) is 16.2 Å². The van der Waals surface area contributed by atoms with Crippen molar-refractivity contribution in [3.8, 4) is 0 Å². The van der Waals surface area contributed by atoms with Gasteiger partial charge in [0.05, 0.1) is 5.57 Å². The third kappa shape index (κ3) is 3.56. The van der Waals surface area contributed by atoms with Crippen LogP contribution in [0.25, 0.3) is 5.57 Å². The van der Waals surface area contributed by atoms with E-state index in [4.69, 9.17) is 0 Å². The number of carbonyl (C=O) groups is 2. The average molecular weight is 381 g/mol. The molecular weight excluding hydrogens is 356 g/mol. The average Bonchev–Trinajstić information content (AvgIpc) is 3.29. The van der Waals surface area contributed by atoms with E-state index in [-0.39, 0.29) is 11.8 Å². The van der Waals surface area contributed by atoms with Gasteiger partial charge < -0.3 is 4.90 Å². The minimum Gasteiger partial charge on any atom is -0.366 e. The van der Waals surface area contributed by atoms with Crippen LogP contribution in [0.4, 0.5) is 0 Å². The first-order chi connectivity index (χ1) is 13.1. The molecule has 27 heavy (non-hydrogen) atoms. The Bertz CT molecular complexity index is 850. The van der Waals surface area contributed by atoms with Crippen LogP contribution in [0.5, 0.6) is 0 Å². The van der Waals surface area contributed by atoms with Gasteiger partial charge in [0.2, 0.25) is 0 Å². The Balaban J connectivity index is 1.61. The number of nitrogens with zero attached hydrogens (tertiary/aromatic N) is 2. The van der Waals surface area contributed by atoms with E-state index in [1.54, 1.807) is 0 Å². The topological polar surface area (TPSA) is 40.6 Å². The maximum absolute atomic E-state index is 13.2. The van der Waals surface area contributed by atoms with Gasteiger partial charge in [0.15, 0.2) is 0 Å². The molecule has 1 aromatic carbocycles. The number of piperidine rings is 1. The Hall–Kier alpha value is -2.40. The number of hydrogen-bond acceptors (Lipinski definition) is 4. The van der Waals surface area contributed by atoms with Gasteiger partial charge in [-0.3, -0.25) is 14.5 Å². The zero-order valence-corrected chi connectivity index (χ0v) is 16.4. The van der Waals surface area contributed by atoms with Gasteiger partial charge in [0.25, 0.3) is 11.8 Å². The van der Waals surface area contributed by atoms with E-state index in [1.807, 2.05) is 47.8 Å². The molecule has 2 aliphatic heterocycles. The van der Waals surface area contributed by atoms with Crippen LogP contribution in [-0.2, 0) is 16.0 Å². The molecule has 2 aliphatic rings. The van der Waals surface area contributed by atoms with Crippen molar-refractivity contribution in [3.63, 3.8) is 0 Å². The normalized spacial score (nSPS) is 18.7. The highest BCUT2D eigenvalue weighted by Gasteiger charge is 2.42. The van der Waals surface area contributed by atoms with Gasteiger partial charge in [-0.1, -0.05) is 43.3 Å². The zero-order valence-electron chi connectivity index (χ0n) is 15.6. The molecule has 0 aliphatic carbocycles. The van der Waals surface area contributed by atoms with Gasteiger partial charge in [-0.05, 0) is 42.2 Å². The van der Waals surface area contributed by atoms with Crippen molar-refractivity contribution in [3.05, 3.63) is 64.0 Å². The lowest BCUT2D eigenvalue weighted by Crippen LogP contribution is -2.39. The molecule has 2 aromatic rings. The predicted octanol–water partition coefficient (Wildman–Crippen LogP) is 3.80.